The number of aromatic nitrogens is 2. The summed E-state index contributed by atoms with van der Waals surface area (Å²) in [4.78, 5) is 5.31. The number of hydrogen-bond donors (Lipinski definition) is 2. The van der Waals surface area contributed by atoms with Crippen LogP contribution in [0.3, 0.4) is 0 Å². The van der Waals surface area contributed by atoms with Crippen molar-refractivity contribution < 1.29 is 14.4 Å². The third kappa shape index (κ3) is 2.65. The van der Waals surface area contributed by atoms with Crippen LogP contribution in [0.4, 0.5) is 0 Å². The van der Waals surface area contributed by atoms with E-state index >= 15 is 0 Å². The molecule has 6 nitrogen and oxygen atoms in total. The SMILES string of the molecule is NCCC(O)c1nc(C2CSc3ccccc3O2)no1. The molecular formula is C13H15N3O3S. The van der Waals surface area contributed by atoms with Gasteiger partial charge in [0, 0.05) is 10.6 Å². The van der Waals surface area contributed by atoms with Crippen LogP contribution >= 0.6 is 11.8 Å². The van der Waals surface area contributed by atoms with Crippen LogP contribution in [-0.2, 0) is 0 Å². The van der Waals surface area contributed by atoms with Gasteiger partial charge in [0.2, 0.25) is 5.82 Å². The lowest BCUT2D eigenvalue weighted by molar-refractivity contribution is 0.127. The number of rotatable bonds is 4. The van der Waals surface area contributed by atoms with Crippen molar-refractivity contribution in [1.82, 2.24) is 10.1 Å². The molecule has 2 unspecified atom stereocenters. The standard InChI is InChI=1S/C13H15N3O3S/c14-6-5-8(17)13-15-12(16-19-13)10-7-20-11-4-2-1-3-9(11)18-10/h1-4,8,10,17H,5-7,14H2. The smallest absolute Gasteiger partial charge is 0.255 e. The number of thioether (sulfide) groups is 1. The van der Waals surface area contributed by atoms with Gasteiger partial charge < -0.3 is 20.1 Å². The molecule has 3 N–H and O–H groups in total. The van der Waals surface area contributed by atoms with E-state index in [4.69, 9.17) is 15.0 Å². The maximum atomic E-state index is 9.77. The number of nitrogens with zero attached hydrogens (tertiary/aromatic N) is 2. The molecule has 0 saturated carbocycles. The van der Waals surface area contributed by atoms with Crippen molar-refractivity contribution in [1.29, 1.82) is 0 Å². The molecule has 7 heteroatoms. The summed E-state index contributed by atoms with van der Waals surface area (Å²) in [6.45, 7) is 0.363. The summed E-state index contributed by atoms with van der Waals surface area (Å²) >= 11 is 1.69. The second kappa shape index (κ2) is 5.82. The molecule has 20 heavy (non-hydrogen) atoms. The van der Waals surface area contributed by atoms with Crippen molar-refractivity contribution >= 4 is 11.8 Å². The fourth-order valence-corrected chi connectivity index (χ4v) is 2.92. The van der Waals surface area contributed by atoms with Crippen molar-refractivity contribution in [2.75, 3.05) is 12.3 Å². The van der Waals surface area contributed by atoms with E-state index in [9.17, 15) is 5.11 Å². The number of para-hydroxylation sites is 1. The van der Waals surface area contributed by atoms with Gasteiger partial charge in [-0.05, 0) is 25.1 Å². The molecule has 1 aliphatic rings. The van der Waals surface area contributed by atoms with Gasteiger partial charge in [-0.3, -0.25) is 0 Å². The minimum Gasteiger partial charge on any atom is -0.480 e. The predicted molar refractivity (Wildman–Crippen MR) is 73.5 cm³/mol. The lowest BCUT2D eigenvalue weighted by atomic mass is 10.2. The molecule has 0 spiro atoms. The summed E-state index contributed by atoms with van der Waals surface area (Å²) in [7, 11) is 0. The van der Waals surface area contributed by atoms with Crippen LogP contribution in [0.15, 0.2) is 33.7 Å². The Morgan fingerprint density at radius 1 is 1.45 bits per heavy atom. The molecule has 2 heterocycles. The van der Waals surface area contributed by atoms with Gasteiger partial charge >= 0.3 is 0 Å². The third-order valence-electron chi connectivity index (χ3n) is 2.98. The highest BCUT2D eigenvalue weighted by atomic mass is 32.2. The van der Waals surface area contributed by atoms with Crippen LogP contribution in [-0.4, -0.2) is 27.5 Å². The molecule has 1 aromatic heterocycles. The average Bonchev–Trinajstić information content (AvgIpc) is 2.97. The highest BCUT2D eigenvalue weighted by molar-refractivity contribution is 7.99. The Kier molecular flexibility index (Phi) is 3.90. The van der Waals surface area contributed by atoms with Gasteiger partial charge in [0.05, 0.1) is 0 Å². The lowest BCUT2D eigenvalue weighted by Crippen LogP contribution is -2.16. The molecule has 0 saturated heterocycles. The monoisotopic (exact) mass is 293 g/mol. The molecule has 0 bridgehead atoms. The Morgan fingerprint density at radius 2 is 2.30 bits per heavy atom. The van der Waals surface area contributed by atoms with E-state index < -0.39 is 6.10 Å². The van der Waals surface area contributed by atoms with E-state index in [1.807, 2.05) is 24.3 Å². The van der Waals surface area contributed by atoms with Crippen LogP contribution < -0.4 is 10.5 Å². The number of hydrogen-bond acceptors (Lipinski definition) is 7. The second-order valence-electron chi connectivity index (χ2n) is 4.45. The van der Waals surface area contributed by atoms with E-state index in [1.54, 1.807) is 11.8 Å². The zero-order valence-electron chi connectivity index (χ0n) is 10.7. The summed E-state index contributed by atoms with van der Waals surface area (Å²) in [5.74, 6) is 2.18. The summed E-state index contributed by atoms with van der Waals surface area (Å²) in [6.07, 6.45) is -0.688. The first kappa shape index (κ1) is 13.4. The zero-order chi connectivity index (χ0) is 13.9. The predicted octanol–water partition coefficient (Wildman–Crippen LogP) is 1.68. The van der Waals surface area contributed by atoms with Crippen LogP contribution in [0.25, 0.3) is 0 Å². The van der Waals surface area contributed by atoms with Gasteiger partial charge in [-0.2, -0.15) is 4.98 Å². The molecule has 2 atom stereocenters. The molecule has 0 radical (unpaired) electrons. The molecule has 2 aromatic rings. The first-order valence-corrected chi connectivity index (χ1v) is 7.36. The molecule has 1 aromatic carbocycles. The van der Waals surface area contributed by atoms with E-state index in [0.717, 1.165) is 10.6 Å². The van der Waals surface area contributed by atoms with Crippen molar-refractivity contribution in [3.05, 3.63) is 36.0 Å². The summed E-state index contributed by atoms with van der Waals surface area (Å²) in [5.41, 5.74) is 5.39. The number of nitrogens with two attached hydrogens (primary N) is 1. The molecule has 106 valence electrons. The molecule has 0 fully saturated rings. The van der Waals surface area contributed by atoms with Crippen LogP contribution in [0.2, 0.25) is 0 Å². The second-order valence-corrected chi connectivity index (χ2v) is 5.51. The van der Waals surface area contributed by atoms with Gasteiger partial charge in [0.15, 0.2) is 6.10 Å². The Morgan fingerprint density at radius 3 is 3.15 bits per heavy atom. The Balaban J connectivity index is 1.75. The number of aliphatic hydroxyl groups excluding tert-OH is 1. The van der Waals surface area contributed by atoms with Gasteiger partial charge in [-0.1, -0.05) is 17.3 Å². The number of fused-ring (bicyclic) bond motifs is 1. The van der Waals surface area contributed by atoms with Crippen LogP contribution in [0, 0.1) is 0 Å². The highest BCUT2D eigenvalue weighted by Crippen LogP contribution is 2.39. The molecular weight excluding hydrogens is 278 g/mol. The van der Waals surface area contributed by atoms with Crippen LogP contribution in [0.5, 0.6) is 5.75 Å². The largest absolute Gasteiger partial charge is 0.480 e. The average molecular weight is 293 g/mol. The van der Waals surface area contributed by atoms with Gasteiger partial charge in [-0.15, -0.1) is 11.8 Å². The van der Waals surface area contributed by atoms with Crippen molar-refractivity contribution in [2.24, 2.45) is 5.73 Å². The Bertz CT molecular complexity index is 590. The number of aliphatic hydroxyl groups is 1. The topological polar surface area (TPSA) is 94.4 Å². The van der Waals surface area contributed by atoms with Crippen molar-refractivity contribution in [2.45, 2.75) is 23.5 Å². The first-order valence-electron chi connectivity index (χ1n) is 6.38. The van der Waals surface area contributed by atoms with E-state index in [-0.39, 0.29) is 12.0 Å². The van der Waals surface area contributed by atoms with E-state index in [2.05, 4.69) is 10.1 Å². The fraction of sp³-hybridized carbons (Fsp3) is 0.385. The summed E-state index contributed by atoms with van der Waals surface area (Å²) in [5, 5.41) is 13.7. The highest BCUT2D eigenvalue weighted by Gasteiger charge is 2.27. The Labute approximate surface area is 120 Å². The van der Waals surface area contributed by atoms with Gasteiger partial charge in [-0.25, -0.2) is 0 Å². The Hall–Kier alpha value is -1.57. The summed E-state index contributed by atoms with van der Waals surface area (Å²) in [6, 6.07) is 7.83. The normalized spacial score (nSPS) is 19.2. The minimum absolute atomic E-state index is 0.193. The van der Waals surface area contributed by atoms with E-state index in [0.29, 0.717) is 24.5 Å². The summed E-state index contributed by atoms with van der Waals surface area (Å²) < 4.78 is 10.9. The maximum absolute atomic E-state index is 9.77. The van der Waals surface area contributed by atoms with Crippen LogP contribution in [0.1, 0.15) is 30.3 Å². The number of benzene rings is 1. The van der Waals surface area contributed by atoms with Gasteiger partial charge in [0.25, 0.3) is 5.89 Å². The zero-order valence-corrected chi connectivity index (χ0v) is 11.5. The molecule has 1 aliphatic heterocycles. The lowest BCUT2D eigenvalue weighted by Gasteiger charge is -2.22. The minimum atomic E-state index is -0.815. The number of ether oxygens (including phenoxy) is 1. The quantitative estimate of drug-likeness (QED) is 0.885. The molecule has 3 rings (SSSR count). The van der Waals surface area contributed by atoms with Crippen molar-refractivity contribution in [3.63, 3.8) is 0 Å². The molecule has 0 aliphatic carbocycles. The van der Waals surface area contributed by atoms with Gasteiger partial charge in [0.1, 0.15) is 11.9 Å². The molecule has 0 amide bonds. The fourth-order valence-electron chi connectivity index (χ4n) is 1.94. The van der Waals surface area contributed by atoms with E-state index in [1.165, 1.54) is 0 Å². The maximum Gasteiger partial charge on any atom is 0.255 e. The third-order valence-corrected chi connectivity index (χ3v) is 4.10. The first-order chi connectivity index (χ1) is 9.78. The van der Waals surface area contributed by atoms with Crippen molar-refractivity contribution in [3.8, 4) is 5.75 Å².